The van der Waals surface area contributed by atoms with Gasteiger partial charge in [0.05, 0.1) is 23.4 Å². The van der Waals surface area contributed by atoms with Crippen LogP contribution in [-0.2, 0) is 0 Å². The van der Waals surface area contributed by atoms with E-state index in [0.717, 1.165) is 18.5 Å². The number of carbonyl (C=O) groups is 1. The Hall–Kier alpha value is -1.85. The Kier molecular flexibility index (Phi) is 4.18. The number of halogens is 2. The predicted octanol–water partition coefficient (Wildman–Crippen LogP) is 3.25. The fourth-order valence-corrected chi connectivity index (χ4v) is 3.05. The first-order valence-corrected chi connectivity index (χ1v) is 7.43. The van der Waals surface area contributed by atoms with Gasteiger partial charge in [-0.1, -0.05) is 17.7 Å². The van der Waals surface area contributed by atoms with E-state index >= 15 is 0 Å². The standard InChI is InChI=1S/C16H16ClFN2O2/c1-20-7-6-13(19-16(21)14-3-2-8-22-14)15(20)10-4-5-11(17)12(18)9-10/h2-5,8-9,13,15H,6-7H2,1H3,(H,19,21)/t13-,15-/m0/s1. The van der Waals surface area contributed by atoms with Gasteiger partial charge in [0, 0.05) is 6.54 Å². The highest BCUT2D eigenvalue weighted by Crippen LogP contribution is 2.32. The van der Waals surface area contributed by atoms with Crippen LogP contribution in [0.2, 0.25) is 5.02 Å². The molecule has 0 spiro atoms. The largest absolute Gasteiger partial charge is 0.459 e. The normalized spacial score (nSPS) is 22.0. The number of carbonyl (C=O) groups excluding carboxylic acids is 1. The van der Waals surface area contributed by atoms with Crippen LogP contribution in [0.3, 0.4) is 0 Å². The molecule has 0 saturated carbocycles. The second-order valence-corrected chi connectivity index (χ2v) is 5.85. The third-order valence-corrected chi connectivity index (χ3v) is 4.30. The molecule has 1 aliphatic heterocycles. The van der Waals surface area contributed by atoms with Crippen LogP contribution in [0.15, 0.2) is 41.0 Å². The number of rotatable bonds is 3. The third-order valence-electron chi connectivity index (χ3n) is 4.00. The molecule has 1 saturated heterocycles. The van der Waals surface area contributed by atoms with Gasteiger partial charge in [-0.3, -0.25) is 9.69 Å². The van der Waals surface area contributed by atoms with Gasteiger partial charge >= 0.3 is 0 Å². The average molecular weight is 323 g/mol. The minimum Gasteiger partial charge on any atom is -0.459 e. The topological polar surface area (TPSA) is 45.5 Å². The Labute approximate surface area is 132 Å². The molecule has 0 radical (unpaired) electrons. The van der Waals surface area contributed by atoms with Gasteiger partial charge in [-0.15, -0.1) is 0 Å². The number of furan rings is 1. The maximum atomic E-state index is 13.7. The van der Waals surface area contributed by atoms with E-state index in [1.807, 2.05) is 7.05 Å². The molecular weight excluding hydrogens is 307 g/mol. The monoisotopic (exact) mass is 322 g/mol. The first-order chi connectivity index (χ1) is 10.6. The molecule has 1 aliphatic rings. The van der Waals surface area contributed by atoms with Gasteiger partial charge in [-0.05, 0) is 43.3 Å². The summed E-state index contributed by atoms with van der Waals surface area (Å²) in [5.74, 6) is -0.434. The molecular formula is C16H16ClFN2O2. The Morgan fingerprint density at radius 2 is 2.27 bits per heavy atom. The molecule has 0 aliphatic carbocycles. The second-order valence-electron chi connectivity index (χ2n) is 5.44. The highest BCUT2D eigenvalue weighted by atomic mass is 35.5. The molecule has 0 unspecified atom stereocenters. The Morgan fingerprint density at radius 1 is 1.45 bits per heavy atom. The summed E-state index contributed by atoms with van der Waals surface area (Å²) in [6.07, 6.45) is 2.25. The second kappa shape index (κ2) is 6.10. The lowest BCUT2D eigenvalue weighted by Crippen LogP contribution is -2.38. The van der Waals surface area contributed by atoms with Crippen molar-refractivity contribution in [2.45, 2.75) is 18.5 Å². The van der Waals surface area contributed by atoms with E-state index in [1.165, 1.54) is 12.3 Å². The van der Waals surface area contributed by atoms with Gasteiger partial charge in [0.2, 0.25) is 0 Å². The molecule has 0 bridgehead atoms. The Balaban J connectivity index is 1.81. The van der Waals surface area contributed by atoms with Crippen LogP contribution < -0.4 is 5.32 Å². The first kappa shape index (κ1) is 15.1. The molecule has 6 heteroatoms. The van der Waals surface area contributed by atoms with E-state index in [-0.39, 0.29) is 28.8 Å². The zero-order chi connectivity index (χ0) is 15.7. The van der Waals surface area contributed by atoms with Gasteiger partial charge in [-0.25, -0.2) is 4.39 Å². The number of likely N-dealkylation sites (N-methyl/N-ethyl adjacent to an activating group) is 1. The summed E-state index contributed by atoms with van der Waals surface area (Å²) < 4.78 is 18.8. The fraction of sp³-hybridized carbons (Fsp3) is 0.312. The minimum absolute atomic E-state index is 0.0920. The number of amides is 1. The maximum absolute atomic E-state index is 13.7. The van der Waals surface area contributed by atoms with Crippen molar-refractivity contribution in [1.29, 1.82) is 0 Å². The minimum atomic E-state index is -0.449. The maximum Gasteiger partial charge on any atom is 0.287 e. The molecule has 1 aromatic carbocycles. The zero-order valence-corrected chi connectivity index (χ0v) is 12.8. The molecule has 2 aromatic rings. The average Bonchev–Trinajstić information content (AvgIpc) is 3.13. The van der Waals surface area contributed by atoms with Crippen molar-refractivity contribution in [3.63, 3.8) is 0 Å². The molecule has 2 heterocycles. The fourth-order valence-electron chi connectivity index (χ4n) is 2.93. The summed E-state index contributed by atoms with van der Waals surface area (Å²) >= 11 is 5.74. The molecule has 1 amide bonds. The van der Waals surface area contributed by atoms with Crippen molar-refractivity contribution in [1.82, 2.24) is 10.2 Å². The number of likely N-dealkylation sites (tertiary alicyclic amines) is 1. The van der Waals surface area contributed by atoms with Crippen molar-refractivity contribution in [2.24, 2.45) is 0 Å². The third kappa shape index (κ3) is 2.87. The van der Waals surface area contributed by atoms with E-state index in [0.29, 0.717) is 0 Å². The number of benzene rings is 1. The quantitative estimate of drug-likeness (QED) is 0.943. The van der Waals surface area contributed by atoms with Crippen LogP contribution in [0.1, 0.15) is 28.6 Å². The van der Waals surface area contributed by atoms with Crippen LogP contribution >= 0.6 is 11.6 Å². The molecule has 3 rings (SSSR count). The van der Waals surface area contributed by atoms with E-state index in [4.69, 9.17) is 16.0 Å². The number of hydrogen-bond acceptors (Lipinski definition) is 3. The van der Waals surface area contributed by atoms with Crippen molar-refractivity contribution < 1.29 is 13.6 Å². The number of hydrogen-bond donors (Lipinski definition) is 1. The molecule has 116 valence electrons. The van der Waals surface area contributed by atoms with Gasteiger partial charge in [-0.2, -0.15) is 0 Å². The van der Waals surface area contributed by atoms with E-state index in [2.05, 4.69) is 10.2 Å². The molecule has 2 atom stereocenters. The number of nitrogens with one attached hydrogen (secondary N) is 1. The van der Waals surface area contributed by atoms with Gasteiger partial charge < -0.3 is 9.73 Å². The first-order valence-electron chi connectivity index (χ1n) is 7.06. The summed E-state index contributed by atoms with van der Waals surface area (Å²) in [6.45, 7) is 0.817. The molecule has 1 fully saturated rings. The van der Waals surface area contributed by atoms with Crippen molar-refractivity contribution >= 4 is 17.5 Å². The SMILES string of the molecule is CN1CC[C@H](NC(=O)c2ccco2)[C@@H]1c1ccc(Cl)c(F)c1. The summed E-state index contributed by atoms with van der Waals surface area (Å²) in [5.41, 5.74) is 0.798. The van der Waals surface area contributed by atoms with Crippen molar-refractivity contribution in [3.8, 4) is 0 Å². The van der Waals surface area contributed by atoms with Crippen LogP contribution in [-0.4, -0.2) is 30.4 Å². The summed E-state index contributed by atoms with van der Waals surface area (Å²) in [6, 6.07) is 7.86. The van der Waals surface area contributed by atoms with Gasteiger partial charge in [0.15, 0.2) is 5.76 Å². The van der Waals surface area contributed by atoms with Gasteiger partial charge in [0.25, 0.3) is 5.91 Å². The smallest absolute Gasteiger partial charge is 0.287 e. The van der Waals surface area contributed by atoms with Crippen LogP contribution in [0.4, 0.5) is 4.39 Å². The van der Waals surface area contributed by atoms with Crippen molar-refractivity contribution in [2.75, 3.05) is 13.6 Å². The Bertz CT molecular complexity index is 675. The lowest BCUT2D eigenvalue weighted by molar-refractivity contribution is 0.0899. The highest BCUT2D eigenvalue weighted by molar-refractivity contribution is 6.30. The lowest BCUT2D eigenvalue weighted by atomic mass is 10.00. The van der Waals surface area contributed by atoms with E-state index < -0.39 is 5.82 Å². The summed E-state index contributed by atoms with van der Waals surface area (Å²) in [4.78, 5) is 14.2. The molecule has 1 N–H and O–H groups in total. The van der Waals surface area contributed by atoms with Gasteiger partial charge in [0.1, 0.15) is 5.82 Å². The van der Waals surface area contributed by atoms with Crippen LogP contribution in [0.25, 0.3) is 0 Å². The lowest BCUT2D eigenvalue weighted by Gasteiger charge is -2.26. The molecule has 1 aromatic heterocycles. The molecule has 22 heavy (non-hydrogen) atoms. The predicted molar refractivity (Wildman–Crippen MR) is 81.4 cm³/mol. The summed E-state index contributed by atoms with van der Waals surface area (Å²) in [5, 5.41) is 3.06. The Morgan fingerprint density at radius 3 is 2.95 bits per heavy atom. The van der Waals surface area contributed by atoms with E-state index in [9.17, 15) is 9.18 Å². The van der Waals surface area contributed by atoms with E-state index in [1.54, 1.807) is 24.3 Å². The number of nitrogens with zero attached hydrogens (tertiary/aromatic N) is 1. The summed E-state index contributed by atoms with van der Waals surface area (Å²) in [7, 11) is 1.95. The highest BCUT2D eigenvalue weighted by Gasteiger charge is 2.34. The van der Waals surface area contributed by atoms with Crippen LogP contribution in [0, 0.1) is 5.82 Å². The zero-order valence-electron chi connectivity index (χ0n) is 12.1. The molecule has 4 nitrogen and oxygen atoms in total. The van der Waals surface area contributed by atoms with Crippen LogP contribution in [0.5, 0.6) is 0 Å². The van der Waals surface area contributed by atoms with Crippen molar-refractivity contribution in [3.05, 3.63) is 58.8 Å².